The van der Waals surface area contributed by atoms with Crippen LogP contribution in [0.4, 0.5) is 5.95 Å². The highest BCUT2D eigenvalue weighted by Crippen LogP contribution is 2.31. The Hall–Kier alpha value is -2.01. The van der Waals surface area contributed by atoms with E-state index in [4.69, 9.17) is 10.2 Å². The molecule has 1 aliphatic heterocycles. The summed E-state index contributed by atoms with van der Waals surface area (Å²) >= 11 is 1.72. The maximum absolute atomic E-state index is 8.61. The number of anilines is 1. The molecule has 3 N–H and O–H groups in total. The van der Waals surface area contributed by atoms with Gasteiger partial charge in [-0.3, -0.25) is 0 Å². The molecular weight excluding hydrogens is 368 g/mol. The van der Waals surface area contributed by atoms with Crippen molar-refractivity contribution in [1.29, 1.82) is 5.26 Å². The molecule has 3 rings (SSSR count). The second-order valence-corrected chi connectivity index (χ2v) is 9.93. The zero-order valence-electron chi connectivity index (χ0n) is 17.2. The van der Waals surface area contributed by atoms with Crippen LogP contribution in [0.25, 0.3) is 10.6 Å². The third kappa shape index (κ3) is 5.74. The van der Waals surface area contributed by atoms with Crippen molar-refractivity contribution in [2.45, 2.75) is 70.6 Å². The van der Waals surface area contributed by atoms with Gasteiger partial charge in [0.2, 0.25) is 5.95 Å². The van der Waals surface area contributed by atoms with Gasteiger partial charge in [0.05, 0.1) is 16.6 Å². The Morgan fingerprint density at radius 1 is 1.21 bits per heavy atom. The summed E-state index contributed by atoms with van der Waals surface area (Å²) in [7, 11) is 0. The summed E-state index contributed by atoms with van der Waals surface area (Å²) in [6, 6.07) is 8.67. The fourth-order valence-corrected chi connectivity index (χ4v) is 5.09. The molecule has 0 aromatic carbocycles. The van der Waals surface area contributed by atoms with E-state index in [0.29, 0.717) is 25.0 Å². The van der Waals surface area contributed by atoms with Crippen molar-refractivity contribution in [3.05, 3.63) is 29.3 Å². The molecule has 0 bridgehead atoms. The Morgan fingerprint density at radius 2 is 1.96 bits per heavy atom. The molecule has 1 fully saturated rings. The van der Waals surface area contributed by atoms with Gasteiger partial charge in [-0.1, -0.05) is 0 Å². The van der Waals surface area contributed by atoms with E-state index in [1.54, 1.807) is 11.3 Å². The Balaban J connectivity index is 1.66. The van der Waals surface area contributed by atoms with Gasteiger partial charge in [-0.2, -0.15) is 5.26 Å². The van der Waals surface area contributed by atoms with Gasteiger partial charge >= 0.3 is 0 Å². The summed E-state index contributed by atoms with van der Waals surface area (Å²) in [5.41, 5.74) is 1.11. The highest BCUT2D eigenvalue weighted by molar-refractivity contribution is 7.15. The first kappa shape index (κ1) is 20.7. The minimum absolute atomic E-state index is 0.0816. The Morgan fingerprint density at radius 3 is 2.68 bits per heavy atom. The second kappa shape index (κ2) is 8.56. The van der Waals surface area contributed by atoms with E-state index in [2.05, 4.69) is 66.8 Å². The number of hydrogen-bond acceptors (Lipinski definition) is 7. The number of hydrogen-bond donors (Lipinski definition) is 3. The van der Waals surface area contributed by atoms with Crippen LogP contribution >= 0.6 is 11.3 Å². The molecule has 6 nitrogen and oxygen atoms in total. The molecule has 150 valence electrons. The normalized spacial score (nSPS) is 18.5. The highest BCUT2D eigenvalue weighted by atomic mass is 32.1. The molecule has 2 aromatic rings. The largest absolute Gasteiger partial charge is 0.351 e. The van der Waals surface area contributed by atoms with E-state index >= 15 is 0 Å². The van der Waals surface area contributed by atoms with Crippen LogP contribution < -0.4 is 16.0 Å². The molecule has 28 heavy (non-hydrogen) atoms. The molecule has 1 aliphatic rings. The molecule has 0 aliphatic carbocycles. The van der Waals surface area contributed by atoms with E-state index in [9.17, 15) is 0 Å². The van der Waals surface area contributed by atoms with Gasteiger partial charge in [0, 0.05) is 47.7 Å². The Kier molecular flexibility index (Phi) is 6.33. The smallest absolute Gasteiger partial charge is 0.223 e. The van der Waals surface area contributed by atoms with Gasteiger partial charge in [0.25, 0.3) is 0 Å². The number of rotatable bonds is 7. The first-order chi connectivity index (χ1) is 13.3. The van der Waals surface area contributed by atoms with E-state index < -0.39 is 0 Å². The van der Waals surface area contributed by atoms with Crippen molar-refractivity contribution in [2.24, 2.45) is 0 Å². The Labute approximate surface area is 171 Å². The predicted molar refractivity (Wildman–Crippen MR) is 115 cm³/mol. The van der Waals surface area contributed by atoms with E-state index in [1.165, 1.54) is 4.88 Å². The average molecular weight is 399 g/mol. The molecule has 2 aromatic heterocycles. The number of nitriles is 1. The van der Waals surface area contributed by atoms with Crippen LogP contribution in [0.2, 0.25) is 0 Å². The maximum atomic E-state index is 8.61. The van der Waals surface area contributed by atoms with Crippen molar-refractivity contribution in [2.75, 3.05) is 11.9 Å². The highest BCUT2D eigenvalue weighted by Gasteiger charge is 2.37. The van der Waals surface area contributed by atoms with Gasteiger partial charge in [-0.25, -0.2) is 9.97 Å². The minimum atomic E-state index is 0.0816. The quantitative estimate of drug-likeness (QED) is 0.613. The molecule has 1 saturated heterocycles. The molecule has 0 spiro atoms. The number of nitrogens with zero attached hydrogens (tertiary/aromatic N) is 3. The number of aromatic nitrogens is 2. The van der Waals surface area contributed by atoms with Crippen LogP contribution in [0, 0.1) is 11.3 Å². The standard InChI is InChI=1S/C21H30N6S/c1-20(2)12-15(13-21(3,4)27-20)25-19-24-11-8-17(26-19)18-7-6-16(28-18)14-23-10-5-9-22/h6-8,11,15,23,27H,5,10,12-14H2,1-4H3,(H,24,25,26). The summed E-state index contributed by atoms with van der Waals surface area (Å²) in [6.07, 6.45) is 4.42. The lowest BCUT2D eigenvalue weighted by molar-refractivity contribution is 0.170. The van der Waals surface area contributed by atoms with Crippen molar-refractivity contribution in [1.82, 2.24) is 20.6 Å². The lowest BCUT2D eigenvalue weighted by atomic mass is 9.80. The van der Waals surface area contributed by atoms with Crippen LogP contribution in [0.1, 0.15) is 51.8 Å². The second-order valence-electron chi connectivity index (χ2n) is 8.76. The van der Waals surface area contributed by atoms with Gasteiger partial charge in [-0.05, 0) is 58.7 Å². The summed E-state index contributed by atoms with van der Waals surface area (Å²) in [6.45, 7) is 10.5. The topological polar surface area (TPSA) is 85.7 Å². The van der Waals surface area contributed by atoms with Gasteiger partial charge in [0.1, 0.15) is 0 Å². The summed E-state index contributed by atoms with van der Waals surface area (Å²) in [5, 5.41) is 19.2. The van der Waals surface area contributed by atoms with Crippen molar-refractivity contribution in [3.8, 4) is 16.6 Å². The van der Waals surface area contributed by atoms with E-state index in [1.807, 2.05) is 12.3 Å². The zero-order valence-corrected chi connectivity index (χ0v) is 18.0. The zero-order chi connectivity index (χ0) is 20.2. The third-order valence-corrected chi connectivity index (χ3v) is 5.91. The molecule has 0 radical (unpaired) electrons. The van der Waals surface area contributed by atoms with Gasteiger partial charge < -0.3 is 16.0 Å². The number of piperidine rings is 1. The minimum Gasteiger partial charge on any atom is -0.351 e. The first-order valence-electron chi connectivity index (χ1n) is 9.82. The monoisotopic (exact) mass is 398 g/mol. The van der Waals surface area contributed by atoms with Crippen LogP contribution in [-0.2, 0) is 6.54 Å². The fraction of sp³-hybridized carbons (Fsp3) is 0.571. The number of nitrogens with one attached hydrogen (secondary N) is 3. The molecule has 7 heteroatoms. The number of thiophene rings is 1. The summed E-state index contributed by atoms with van der Waals surface area (Å²) in [4.78, 5) is 11.6. The molecule has 3 heterocycles. The lowest BCUT2D eigenvalue weighted by Gasteiger charge is -2.46. The van der Waals surface area contributed by atoms with Crippen molar-refractivity contribution < 1.29 is 0 Å². The van der Waals surface area contributed by atoms with Gasteiger partial charge in [0.15, 0.2) is 0 Å². The average Bonchev–Trinajstić information content (AvgIpc) is 3.05. The lowest BCUT2D eigenvalue weighted by Crippen LogP contribution is -2.60. The molecule has 0 unspecified atom stereocenters. The first-order valence-corrected chi connectivity index (χ1v) is 10.6. The van der Waals surface area contributed by atoms with Gasteiger partial charge in [-0.15, -0.1) is 11.3 Å². The van der Waals surface area contributed by atoms with E-state index in [-0.39, 0.29) is 11.1 Å². The maximum Gasteiger partial charge on any atom is 0.223 e. The van der Waals surface area contributed by atoms with Crippen LogP contribution in [0.3, 0.4) is 0 Å². The van der Waals surface area contributed by atoms with Crippen LogP contribution in [0.5, 0.6) is 0 Å². The molecule has 0 saturated carbocycles. The summed E-state index contributed by atoms with van der Waals surface area (Å²) in [5.74, 6) is 0.693. The van der Waals surface area contributed by atoms with Crippen molar-refractivity contribution >= 4 is 17.3 Å². The molecule has 0 atom stereocenters. The fourth-order valence-electron chi connectivity index (χ4n) is 4.14. The van der Waals surface area contributed by atoms with Crippen molar-refractivity contribution in [3.63, 3.8) is 0 Å². The Bertz CT molecular complexity index is 819. The summed E-state index contributed by atoms with van der Waals surface area (Å²) < 4.78 is 0. The SMILES string of the molecule is CC1(C)CC(Nc2nccc(-c3ccc(CNCCC#N)s3)n2)CC(C)(C)N1. The molecule has 0 amide bonds. The van der Waals surface area contributed by atoms with Crippen LogP contribution in [-0.4, -0.2) is 33.6 Å². The van der Waals surface area contributed by atoms with Crippen LogP contribution in [0.15, 0.2) is 24.4 Å². The third-order valence-electron chi connectivity index (χ3n) is 4.81. The van der Waals surface area contributed by atoms with E-state index in [0.717, 1.165) is 30.0 Å². The molecular formula is C21H30N6S. The predicted octanol–water partition coefficient (Wildman–Crippen LogP) is 3.93.